The van der Waals surface area contributed by atoms with Crippen LogP contribution in [-0.4, -0.2) is 45.2 Å². The summed E-state index contributed by atoms with van der Waals surface area (Å²) in [5.41, 5.74) is 5.71. The number of ether oxygens (including phenoxy) is 3. The molecule has 0 aromatic heterocycles. The monoisotopic (exact) mass is 976 g/mol. The highest BCUT2D eigenvalue weighted by molar-refractivity contribution is 7.80. The second-order valence-corrected chi connectivity index (χ2v) is 22.1. The molecule has 378 valence electrons. The molecule has 70 heavy (non-hydrogen) atoms. The highest BCUT2D eigenvalue weighted by atomic mass is 32.1. The van der Waals surface area contributed by atoms with Crippen molar-refractivity contribution in [3.8, 4) is 34.5 Å². The Labute approximate surface area is 422 Å². The van der Waals surface area contributed by atoms with Gasteiger partial charge in [-0.25, -0.2) is 0 Å². The van der Waals surface area contributed by atoms with Gasteiger partial charge in [-0.1, -0.05) is 131 Å². The van der Waals surface area contributed by atoms with Crippen LogP contribution in [0.2, 0.25) is 0 Å². The van der Waals surface area contributed by atoms with Crippen LogP contribution in [0.25, 0.3) is 12.2 Å². The van der Waals surface area contributed by atoms with Gasteiger partial charge in [-0.15, -0.1) is 0 Å². The number of para-hydroxylation sites is 1. The molecule has 11 heteroatoms. The Morgan fingerprint density at radius 1 is 0.629 bits per heavy atom. The lowest BCUT2D eigenvalue weighted by Gasteiger charge is -2.23. The number of nitrogens with zero attached hydrogens (tertiary/aromatic N) is 1. The zero-order valence-corrected chi connectivity index (χ0v) is 44.9. The fourth-order valence-corrected chi connectivity index (χ4v) is 7.92. The van der Waals surface area contributed by atoms with Crippen molar-refractivity contribution in [2.45, 2.75) is 164 Å². The Morgan fingerprint density at radius 2 is 1.06 bits per heavy atom. The molecule has 2 unspecified atom stereocenters. The van der Waals surface area contributed by atoms with Crippen molar-refractivity contribution in [2.24, 2.45) is 10.9 Å². The molecule has 0 amide bonds. The number of phenolic OH excluding ortho intramolecular Hbond substituents is 3. The van der Waals surface area contributed by atoms with Crippen molar-refractivity contribution >= 4 is 54.6 Å². The number of phenols is 3. The second kappa shape index (κ2) is 24.3. The van der Waals surface area contributed by atoms with Crippen LogP contribution >= 0.6 is 12.6 Å². The fraction of sp³-hybridized carbons (Fsp3) is 0.458. The lowest BCUT2D eigenvalue weighted by Crippen LogP contribution is -2.16. The van der Waals surface area contributed by atoms with Gasteiger partial charge in [-0.3, -0.25) is 19.4 Å². The third-order valence-electron chi connectivity index (χ3n) is 12.3. The largest absolute Gasteiger partial charge is 0.507 e. The third-order valence-corrected chi connectivity index (χ3v) is 12.9. The molecule has 0 spiro atoms. The van der Waals surface area contributed by atoms with E-state index in [1.54, 1.807) is 42.6 Å². The number of thiol groups is 1. The van der Waals surface area contributed by atoms with Gasteiger partial charge in [-0.2, -0.15) is 12.6 Å². The van der Waals surface area contributed by atoms with Crippen LogP contribution in [0.1, 0.15) is 187 Å². The molecule has 0 aliphatic carbocycles. The molecular formula is C59H77NO9S. The summed E-state index contributed by atoms with van der Waals surface area (Å²) in [5.74, 6) is 0.588. The Balaban J connectivity index is 1.48. The van der Waals surface area contributed by atoms with Crippen molar-refractivity contribution in [1.82, 2.24) is 0 Å². The van der Waals surface area contributed by atoms with Crippen molar-refractivity contribution < 1.29 is 43.9 Å². The molecule has 4 rings (SSSR count). The van der Waals surface area contributed by atoms with E-state index in [-0.39, 0.29) is 65.7 Å². The zero-order chi connectivity index (χ0) is 52.3. The zero-order valence-electron chi connectivity index (χ0n) is 44.0. The predicted octanol–water partition coefficient (Wildman–Crippen LogP) is 14.8. The molecule has 0 fully saturated rings. The van der Waals surface area contributed by atoms with Crippen LogP contribution < -0.4 is 14.2 Å². The van der Waals surface area contributed by atoms with E-state index in [4.69, 9.17) is 19.2 Å². The quantitative estimate of drug-likeness (QED) is 0.0237. The molecule has 0 aliphatic heterocycles. The van der Waals surface area contributed by atoms with Gasteiger partial charge in [0.05, 0.1) is 5.69 Å². The van der Waals surface area contributed by atoms with Crippen molar-refractivity contribution in [2.75, 3.05) is 5.75 Å². The highest BCUT2D eigenvalue weighted by Gasteiger charge is 2.26. The Bertz CT molecular complexity index is 2600. The summed E-state index contributed by atoms with van der Waals surface area (Å²) in [5, 5.41) is 34.0. The maximum Gasteiger partial charge on any atom is 0.311 e. The molecule has 2 atom stereocenters. The second-order valence-electron chi connectivity index (χ2n) is 21.7. The number of benzene rings is 4. The molecule has 4 aromatic rings. The van der Waals surface area contributed by atoms with Gasteiger partial charge >= 0.3 is 17.9 Å². The van der Waals surface area contributed by atoms with Gasteiger partial charge < -0.3 is 29.5 Å². The summed E-state index contributed by atoms with van der Waals surface area (Å²) < 4.78 is 17.4. The van der Waals surface area contributed by atoms with Crippen LogP contribution in [0.3, 0.4) is 0 Å². The van der Waals surface area contributed by atoms with E-state index >= 15 is 0 Å². The van der Waals surface area contributed by atoms with E-state index in [2.05, 4.69) is 12.6 Å². The van der Waals surface area contributed by atoms with Crippen molar-refractivity contribution in [3.63, 3.8) is 0 Å². The van der Waals surface area contributed by atoms with Gasteiger partial charge in [0.2, 0.25) is 0 Å². The number of carbonyl (C=O) groups is 3. The summed E-state index contributed by atoms with van der Waals surface area (Å²) in [6, 6.07) is 17.8. The van der Waals surface area contributed by atoms with Crippen LogP contribution in [-0.2, 0) is 30.6 Å². The average molecular weight is 976 g/mol. The van der Waals surface area contributed by atoms with Crippen molar-refractivity contribution in [3.05, 3.63) is 111 Å². The number of carbonyl (C=O) groups excluding carboxylic acids is 3. The lowest BCUT2D eigenvalue weighted by molar-refractivity contribution is -0.136. The maximum absolute atomic E-state index is 13.2. The Hall–Kier alpha value is -5.81. The van der Waals surface area contributed by atoms with Crippen LogP contribution in [0.4, 0.5) is 5.69 Å². The summed E-state index contributed by atoms with van der Waals surface area (Å²) in [6.45, 7) is 27.9. The van der Waals surface area contributed by atoms with E-state index in [1.807, 2.05) is 133 Å². The lowest BCUT2D eigenvalue weighted by atomic mass is 9.84. The summed E-state index contributed by atoms with van der Waals surface area (Å²) in [4.78, 5) is 43.8. The minimum absolute atomic E-state index is 0.0486. The Kier molecular flexibility index (Phi) is 19.7. The summed E-state index contributed by atoms with van der Waals surface area (Å²) >= 11 is 4.29. The van der Waals surface area contributed by atoms with Crippen LogP contribution in [0.5, 0.6) is 34.5 Å². The first kappa shape index (κ1) is 56.8. The number of rotatable bonds is 19. The average Bonchev–Trinajstić information content (AvgIpc) is 3.26. The number of allylic oxidation sites excluding steroid dienone is 2. The Morgan fingerprint density at radius 3 is 1.51 bits per heavy atom. The highest BCUT2D eigenvalue weighted by Crippen LogP contribution is 2.42. The molecule has 0 aliphatic rings. The fourth-order valence-electron chi connectivity index (χ4n) is 7.79. The van der Waals surface area contributed by atoms with Gasteiger partial charge in [0.25, 0.3) is 0 Å². The maximum atomic E-state index is 13.2. The van der Waals surface area contributed by atoms with Crippen molar-refractivity contribution in [1.29, 1.82) is 0 Å². The standard InChI is InChI=1S/C59H77NO9S/c1-15-36(2)25-40-28-43(31-47(54(40)64)57(6,7)8)67-51(61)23-17-16-18-24-52(62)68-44-29-41(55(65)48(32-44)58(9,10)11)27-38(4)39(5)46-21-19-20-22-50(46)60-34-42-30-45(69-53(63)26-37(3)35-70)33-49(56(42)66)59(12,13)14/h19-22,25,27-34,37,39,64-66,70H,15-18,23-24,26,35H2,1-14H3. The van der Waals surface area contributed by atoms with Crippen LogP contribution in [0.15, 0.2) is 76.8 Å². The summed E-state index contributed by atoms with van der Waals surface area (Å²) in [6.07, 6.45) is 8.37. The molecule has 3 N–H and O–H groups in total. The predicted molar refractivity (Wildman–Crippen MR) is 288 cm³/mol. The number of esters is 3. The molecule has 0 saturated carbocycles. The molecule has 0 radical (unpaired) electrons. The first-order chi connectivity index (χ1) is 32.6. The first-order valence-electron chi connectivity index (χ1n) is 24.5. The molecule has 0 saturated heterocycles. The van der Waals surface area contributed by atoms with Gasteiger partial charge in [0, 0.05) is 64.8 Å². The SMILES string of the molecule is CCC(C)=Cc1cc(OC(=O)CCCCCC(=O)Oc2cc(C=C(C)C(C)c3ccccc3N=Cc3cc(OC(=O)CC(C)CS)cc(C(C)(C)C)c3O)c(O)c(C(C)(C)C)c2)cc(C(C)(C)C)c1O. The molecule has 0 heterocycles. The van der Waals surface area contributed by atoms with Gasteiger partial charge in [0.15, 0.2) is 0 Å². The number of aromatic hydroxyl groups is 3. The molecular weight excluding hydrogens is 899 g/mol. The topological polar surface area (TPSA) is 152 Å². The smallest absolute Gasteiger partial charge is 0.311 e. The van der Waals surface area contributed by atoms with E-state index < -0.39 is 16.8 Å². The third kappa shape index (κ3) is 16.1. The number of unbranched alkanes of at least 4 members (excludes halogenated alkanes) is 2. The molecule has 10 nitrogen and oxygen atoms in total. The molecule has 4 aromatic carbocycles. The number of hydrogen-bond donors (Lipinski definition) is 4. The van der Waals surface area contributed by atoms with E-state index in [1.165, 1.54) is 0 Å². The van der Waals surface area contributed by atoms with Crippen LogP contribution in [0, 0.1) is 5.92 Å². The van der Waals surface area contributed by atoms with Gasteiger partial charge in [0.1, 0.15) is 34.5 Å². The normalized spacial score (nSPS) is 13.6. The van der Waals surface area contributed by atoms with E-state index in [0.717, 1.165) is 23.1 Å². The van der Waals surface area contributed by atoms with Gasteiger partial charge in [-0.05, 0) is 109 Å². The number of hydrogen-bond acceptors (Lipinski definition) is 11. The summed E-state index contributed by atoms with van der Waals surface area (Å²) in [7, 11) is 0. The molecule has 0 bridgehead atoms. The van der Waals surface area contributed by atoms with E-state index in [0.29, 0.717) is 81.3 Å². The van der Waals surface area contributed by atoms with E-state index in [9.17, 15) is 29.7 Å². The minimum atomic E-state index is -0.482. The minimum Gasteiger partial charge on any atom is -0.507 e. The first-order valence-corrected chi connectivity index (χ1v) is 25.1. The number of aliphatic imine (C=N–C) groups is 1.